The van der Waals surface area contributed by atoms with Gasteiger partial charge in [0.1, 0.15) is 5.69 Å². The van der Waals surface area contributed by atoms with Crippen molar-refractivity contribution in [1.29, 1.82) is 0 Å². The number of carbonyl (C=O) groups excluding carboxylic acids is 1. The lowest BCUT2D eigenvalue weighted by Gasteiger charge is -2.11. The number of anilines is 1. The molecule has 2 rings (SSSR count). The highest BCUT2D eigenvalue weighted by Gasteiger charge is 2.29. The maximum Gasteiger partial charge on any atom is 0.292 e. The number of nitrogens with one attached hydrogen (secondary N) is 2. The van der Waals surface area contributed by atoms with Gasteiger partial charge < -0.3 is 10.6 Å². The summed E-state index contributed by atoms with van der Waals surface area (Å²) in [5.41, 5.74) is 0.346. The molecule has 0 radical (unpaired) electrons. The molecule has 0 aromatic heterocycles. The number of sulfone groups is 1. The third kappa shape index (κ3) is 3.48. The van der Waals surface area contributed by atoms with E-state index < -0.39 is 26.7 Å². The van der Waals surface area contributed by atoms with E-state index in [1.165, 1.54) is 25.2 Å². The Hall–Kier alpha value is -2.16. The Labute approximate surface area is 121 Å². The van der Waals surface area contributed by atoms with Gasteiger partial charge in [0.15, 0.2) is 9.84 Å². The lowest BCUT2D eigenvalue weighted by molar-refractivity contribution is -0.383. The summed E-state index contributed by atoms with van der Waals surface area (Å²) in [6.45, 7) is 0. The summed E-state index contributed by atoms with van der Waals surface area (Å²) < 4.78 is 22.7. The van der Waals surface area contributed by atoms with Gasteiger partial charge in [-0.15, -0.1) is 0 Å². The van der Waals surface area contributed by atoms with Crippen LogP contribution in [0.25, 0.3) is 0 Å². The van der Waals surface area contributed by atoms with Crippen molar-refractivity contribution in [3.63, 3.8) is 0 Å². The molecule has 8 nitrogen and oxygen atoms in total. The maximum atomic E-state index is 12.1. The fourth-order valence-electron chi connectivity index (χ4n) is 2.21. The van der Waals surface area contributed by atoms with Gasteiger partial charge in [-0.3, -0.25) is 14.9 Å². The van der Waals surface area contributed by atoms with Gasteiger partial charge in [0.2, 0.25) is 0 Å². The first-order valence-electron chi connectivity index (χ1n) is 6.30. The van der Waals surface area contributed by atoms with E-state index in [-0.39, 0.29) is 28.4 Å². The molecule has 2 N–H and O–H groups in total. The number of hydrogen-bond donors (Lipinski definition) is 2. The first-order valence-corrected chi connectivity index (χ1v) is 8.12. The van der Waals surface area contributed by atoms with E-state index in [0.717, 1.165) is 0 Å². The number of benzene rings is 1. The predicted octanol–water partition coefficient (Wildman–Crippen LogP) is 0.553. The van der Waals surface area contributed by atoms with Crippen molar-refractivity contribution in [1.82, 2.24) is 5.32 Å². The standard InChI is InChI=1S/C12H15N3O5S/c1-13-10-6-8(2-3-11(10)15(17)18)12(16)14-9-4-5-21(19,20)7-9/h2-3,6,9,13H,4-5,7H2,1H3,(H,14,16). The van der Waals surface area contributed by atoms with Crippen LogP contribution in [0.1, 0.15) is 16.8 Å². The zero-order valence-electron chi connectivity index (χ0n) is 11.3. The molecular formula is C12H15N3O5S. The van der Waals surface area contributed by atoms with Gasteiger partial charge in [-0.2, -0.15) is 0 Å². The van der Waals surface area contributed by atoms with E-state index in [2.05, 4.69) is 10.6 Å². The molecule has 0 saturated carbocycles. The molecule has 1 aliphatic rings. The zero-order chi connectivity index (χ0) is 15.6. The first kappa shape index (κ1) is 15.2. The molecule has 1 aromatic carbocycles. The molecule has 1 aliphatic heterocycles. The van der Waals surface area contributed by atoms with Crippen LogP contribution < -0.4 is 10.6 Å². The Morgan fingerprint density at radius 2 is 2.14 bits per heavy atom. The molecule has 0 aliphatic carbocycles. The second-order valence-electron chi connectivity index (χ2n) is 4.81. The smallest absolute Gasteiger partial charge is 0.292 e. The number of amides is 1. The molecule has 1 aromatic rings. The summed E-state index contributed by atoms with van der Waals surface area (Å²) in [6.07, 6.45) is 0.389. The van der Waals surface area contributed by atoms with Crippen molar-refractivity contribution >= 4 is 27.1 Å². The van der Waals surface area contributed by atoms with Crippen LogP contribution in [-0.2, 0) is 9.84 Å². The molecule has 21 heavy (non-hydrogen) atoms. The van der Waals surface area contributed by atoms with E-state index >= 15 is 0 Å². The highest BCUT2D eigenvalue weighted by molar-refractivity contribution is 7.91. The topological polar surface area (TPSA) is 118 Å². The summed E-state index contributed by atoms with van der Waals surface area (Å²) in [5.74, 6) is -0.437. The number of carbonyl (C=O) groups is 1. The van der Waals surface area contributed by atoms with Crippen LogP contribution in [0.4, 0.5) is 11.4 Å². The van der Waals surface area contributed by atoms with Crippen LogP contribution in [-0.4, -0.2) is 43.8 Å². The van der Waals surface area contributed by atoms with Crippen molar-refractivity contribution in [2.24, 2.45) is 0 Å². The lowest BCUT2D eigenvalue weighted by Crippen LogP contribution is -2.35. The average Bonchev–Trinajstić information content (AvgIpc) is 2.76. The van der Waals surface area contributed by atoms with Crippen LogP contribution in [0, 0.1) is 10.1 Å². The van der Waals surface area contributed by atoms with Crippen molar-refractivity contribution in [2.75, 3.05) is 23.9 Å². The van der Waals surface area contributed by atoms with Crippen LogP contribution in [0.15, 0.2) is 18.2 Å². The van der Waals surface area contributed by atoms with E-state index in [4.69, 9.17) is 0 Å². The van der Waals surface area contributed by atoms with Crippen LogP contribution in [0.2, 0.25) is 0 Å². The van der Waals surface area contributed by atoms with Gasteiger partial charge in [-0.1, -0.05) is 0 Å². The molecule has 114 valence electrons. The Bertz CT molecular complexity index is 686. The third-order valence-corrected chi connectivity index (χ3v) is 5.06. The molecule has 1 amide bonds. The summed E-state index contributed by atoms with van der Waals surface area (Å²) in [7, 11) is -1.55. The number of nitro benzene ring substituents is 1. The Morgan fingerprint density at radius 1 is 1.43 bits per heavy atom. The highest BCUT2D eigenvalue weighted by atomic mass is 32.2. The summed E-state index contributed by atoms with van der Waals surface area (Å²) in [4.78, 5) is 22.3. The number of rotatable bonds is 4. The van der Waals surface area contributed by atoms with E-state index in [1.807, 2.05) is 0 Å². The minimum absolute atomic E-state index is 0.0649. The van der Waals surface area contributed by atoms with Gasteiger partial charge in [0, 0.05) is 24.7 Å². The molecule has 1 saturated heterocycles. The van der Waals surface area contributed by atoms with Crippen molar-refractivity contribution in [3.05, 3.63) is 33.9 Å². The monoisotopic (exact) mass is 313 g/mol. The zero-order valence-corrected chi connectivity index (χ0v) is 12.1. The van der Waals surface area contributed by atoms with Crippen molar-refractivity contribution in [2.45, 2.75) is 12.5 Å². The largest absolute Gasteiger partial charge is 0.383 e. The second kappa shape index (κ2) is 5.68. The molecule has 0 spiro atoms. The molecule has 1 unspecified atom stereocenters. The normalized spacial score (nSPS) is 20.0. The average molecular weight is 313 g/mol. The summed E-state index contributed by atoms with van der Waals surface area (Å²) >= 11 is 0. The number of nitrogens with zero attached hydrogens (tertiary/aromatic N) is 1. The number of nitro groups is 1. The van der Waals surface area contributed by atoms with Crippen LogP contribution >= 0.6 is 0 Å². The van der Waals surface area contributed by atoms with E-state index in [1.54, 1.807) is 0 Å². The molecule has 9 heteroatoms. The van der Waals surface area contributed by atoms with Gasteiger partial charge in [-0.25, -0.2) is 8.42 Å². The summed E-state index contributed by atoms with van der Waals surface area (Å²) in [5, 5.41) is 16.1. The maximum absolute atomic E-state index is 12.1. The van der Waals surface area contributed by atoms with Gasteiger partial charge in [0.25, 0.3) is 11.6 Å². The lowest BCUT2D eigenvalue weighted by atomic mass is 10.1. The van der Waals surface area contributed by atoms with E-state index in [0.29, 0.717) is 6.42 Å². The molecular weight excluding hydrogens is 298 g/mol. The quantitative estimate of drug-likeness (QED) is 0.619. The third-order valence-electron chi connectivity index (χ3n) is 3.29. The van der Waals surface area contributed by atoms with E-state index in [9.17, 15) is 23.3 Å². The van der Waals surface area contributed by atoms with Gasteiger partial charge in [-0.05, 0) is 18.6 Å². The van der Waals surface area contributed by atoms with Crippen molar-refractivity contribution in [3.8, 4) is 0 Å². The van der Waals surface area contributed by atoms with Crippen LogP contribution in [0.5, 0.6) is 0 Å². The van der Waals surface area contributed by atoms with Crippen molar-refractivity contribution < 1.29 is 18.1 Å². The Balaban J connectivity index is 2.15. The minimum atomic E-state index is -3.07. The number of hydrogen-bond acceptors (Lipinski definition) is 6. The minimum Gasteiger partial charge on any atom is -0.383 e. The fourth-order valence-corrected chi connectivity index (χ4v) is 3.89. The second-order valence-corrected chi connectivity index (χ2v) is 7.04. The fraction of sp³-hybridized carbons (Fsp3) is 0.417. The first-order chi connectivity index (χ1) is 9.82. The Kier molecular flexibility index (Phi) is 4.12. The molecule has 1 atom stereocenters. The SMILES string of the molecule is CNc1cc(C(=O)NC2CCS(=O)(=O)C2)ccc1[N+](=O)[O-]. The molecule has 1 heterocycles. The summed E-state index contributed by atoms with van der Waals surface area (Å²) in [6, 6.07) is 3.55. The van der Waals surface area contributed by atoms with Gasteiger partial charge in [0.05, 0.1) is 16.4 Å². The Morgan fingerprint density at radius 3 is 2.67 bits per heavy atom. The highest BCUT2D eigenvalue weighted by Crippen LogP contribution is 2.25. The predicted molar refractivity (Wildman–Crippen MR) is 77.2 cm³/mol. The molecule has 0 bridgehead atoms. The van der Waals surface area contributed by atoms with Gasteiger partial charge >= 0.3 is 0 Å². The van der Waals surface area contributed by atoms with Crippen LogP contribution in [0.3, 0.4) is 0 Å². The molecule has 1 fully saturated rings.